The first-order chi connectivity index (χ1) is 13.1. The van der Waals surface area contributed by atoms with Gasteiger partial charge >= 0.3 is 0 Å². The number of nitrogens with one attached hydrogen (secondary N) is 1. The van der Waals surface area contributed by atoms with Crippen LogP contribution in [0.5, 0.6) is 5.75 Å². The molecule has 1 fully saturated rings. The zero-order valence-electron chi connectivity index (χ0n) is 14.1. The highest BCUT2D eigenvalue weighted by atomic mass is 32.2. The number of hydrogen-bond donors (Lipinski definition) is 1. The normalized spacial score (nSPS) is 15.1. The molecule has 2 aromatic rings. The average Bonchev–Trinajstić information content (AvgIpc) is 2.95. The third-order valence-corrected chi connectivity index (χ3v) is 4.78. The minimum Gasteiger partial charge on any atom is -0.490 e. The summed E-state index contributed by atoms with van der Waals surface area (Å²) in [5.74, 6) is -0.123. The lowest BCUT2D eigenvalue weighted by molar-refractivity contribution is -0.123. The number of pyridine rings is 1. The third-order valence-electron chi connectivity index (χ3n) is 3.48. The van der Waals surface area contributed by atoms with Gasteiger partial charge in [-0.25, -0.2) is 0 Å². The quantitative estimate of drug-likeness (QED) is 0.459. The number of rotatable bonds is 6. The molecule has 8 heteroatoms. The molecule has 1 aliphatic heterocycles. The highest BCUT2D eigenvalue weighted by Crippen LogP contribution is 2.31. The number of amides is 2. The Morgan fingerprint density at radius 2 is 2.11 bits per heavy atom. The minimum atomic E-state index is -0.454. The lowest BCUT2D eigenvalue weighted by Crippen LogP contribution is -2.44. The van der Waals surface area contributed by atoms with E-state index in [1.807, 2.05) is 12.1 Å². The number of aromatic nitrogens is 1. The molecule has 3 rings (SSSR count). The van der Waals surface area contributed by atoms with Gasteiger partial charge in [-0.05, 0) is 48.1 Å². The van der Waals surface area contributed by atoms with Crippen LogP contribution in [-0.4, -0.2) is 32.7 Å². The predicted molar refractivity (Wildman–Crippen MR) is 109 cm³/mol. The minimum absolute atomic E-state index is 0.259. The van der Waals surface area contributed by atoms with Crippen LogP contribution in [0.1, 0.15) is 15.9 Å². The van der Waals surface area contributed by atoms with Crippen molar-refractivity contribution in [3.05, 3.63) is 77.5 Å². The molecule has 0 spiro atoms. The number of nitrogens with zero attached hydrogens (tertiary/aromatic N) is 2. The van der Waals surface area contributed by atoms with Crippen molar-refractivity contribution in [2.75, 3.05) is 6.61 Å². The van der Waals surface area contributed by atoms with Gasteiger partial charge in [-0.2, -0.15) is 5.01 Å². The van der Waals surface area contributed by atoms with Gasteiger partial charge in [-0.15, -0.1) is 0 Å². The number of hydrogen-bond acceptors (Lipinski definition) is 6. The first-order valence-corrected chi connectivity index (χ1v) is 9.13. The molecular weight excluding hydrogens is 382 g/mol. The summed E-state index contributed by atoms with van der Waals surface area (Å²) in [7, 11) is 0. The van der Waals surface area contributed by atoms with Gasteiger partial charge in [-0.1, -0.05) is 36.5 Å². The van der Waals surface area contributed by atoms with E-state index in [4.69, 9.17) is 17.0 Å². The van der Waals surface area contributed by atoms with E-state index in [1.165, 1.54) is 6.20 Å². The van der Waals surface area contributed by atoms with Gasteiger partial charge in [0, 0.05) is 12.4 Å². The summed E-state index contributed by atoms with van der Waals surface area (Å²) >= 11 is 6.34. The Morgan fingerprint density at radius 1 is 1.33 bits per heavy atom. The summed E-state index contributed by atoms with van der Waals surface area (Å²) in [5, 5.41) is 1.07. The lowest BCUT2D eigenvalue weighted by Gasteiger charge is -2.15. The zero-order valence-corrected chi connectivity index (χ0v) is 15.8. The highest BCUT2D eigenvalue weighted by molar-refractivity contribution is 8.26. The molecule has 0 unspecified atom stereocenters. The molecule has 27 heavy (non-hydrogen) atoms. The van der Waals surface area contributed by atoms with E-state index in [1.54, 1.807) is 42.6 Å². The summed E-state index contributed by atoms with van der Waals surface area (Å²) in [4.78, 5) is 29.1. The van der Waals surface area contributed by atoms with Crippen molar-refractivity contribution in [3.8, 4) is 5.75 Å². The molecule has 0 radical (unpaired) electrons. The van der Waals surface area contributed by atoms with Gasteiger partial charge in [0.2, 0.25) is 0 Å². The summed E-state index contributed by atoms with van der Waals surface area (Å²) in [6, 6.07) is 10.5. The number of hydrazine groups is 1. The molecule has 0 bridgehead atoms. The van der Waals surface area contributed by atoms with E-state index in [-0.39, 0.29) is 10.2 Å². The zero-order chi connectivity index (χ0) is 19.2. The summed E-state index contributed by atoms with van der Waals surface area (Å²) in [6.07, 6.45) is 6.36. The molecule has 136 valence electrons. The van der Waals surface area contributed by atoms with Gasteiger partial charge < -0.3 is 4.74 Å². The van der Waals surface area contributed by atoms with E-state index in [2.05, 4.69) is 17.0 Å². The first kappa shape index (κ1) is 18.8. The van der Waals surface area contributed by atoms with Crippen LogP contribution in [0.4, 0.5) is 0 Å². The van der Waals surface area contributed by atoms with Crippen LogP contribution in [0.2, 0.25) is 0 Å². The van der Waals surface area contributed by atoms with Crippen LogP contribution in [0, 0.1) is 0 Å². The standard InChI is InChI=1S/C19H15N3O3S2/c1-2-10-25-15-7-5-13(6-8-15)11-16-18(24)22(19(26)27-16)21-17(23)14-4-3-9-20-12-14/h2-9,11-12H,1,10H2,(H,21,23). The summed E-state index contributed by atoms with van der Waals surface area (Å²) in [6.45, 7) is 4.02. The fourth-order valence-corrected chi connectivity index (χ4v) is 3.37. The van der Waals surface area contributed by atoms with Crippen molar-refractivity contribution in [2.24, 2.45) is 0 Å². The molecule has 1 aromatic carbocycles. The van der Waals surface area contributed by atoms with Gasteiger partial charge in [0.1, 0.15) is 12.4 Å². The maximum Gasteiger partial charge on any atom is 0.285 e. The SMILES string of the molecule is C=CCOc1ccc(C=C2SC(=S)N(NC(=O)c3cccnc3)C2=O)cc1. The second-order valence-corrected chi connectivity index (χ2v) is 7.04. The Kier molecular flexibility index (Phi) is 6.00. The van der Waals surface area contributed by atoms with E-state index >= 15 is 0 Å². The van der Waals surface area contributed by atoms with Crippen LogP contribution in [0.3, 0.4) is 0 Å². The Labute approximate surface area is 165 Å². The molecular formula is C19H15N3O3S2. The molecule has 1 saturated heterocycles. The molecule has 0 aliphatic carbocycles. The number of thioether (sulfide) groups is 1. The molecule has 6 nitrogen and oxygen atoms in total. The van der Waals surface area contributed by atoms with Crippen LogP contribution in [-0.2, 0) is 4.79 Å². The highest BCUT2D eigenvalue weighted by Gasteiger charge is 2.33. The van der Waals surface area contributed by atoms with Crippen LogP contribution in [0.15, 0.2) is 66.4 Å². The summed E-state index contributed by atoms with van der Waals surface area (Å²) < 4.78 is 5.69. The fourth-order valence-electron chi connectivity index (χ4n) is 2.19. The molecule has 2 amide bonds. The van der Waals surface area contributed by atoms with Crippen LogP contribution >= 0.6 is 24.0 Å². The van der Waals surface area contributed by atoms with Gasteiger partial charge in [0.05, 0.1) is 10.5 Å². The van der Waals surface area contributed by atoms with Gasteiger partial charge in [-0.3, -0.25) is 20.0 Å². The van der Waals surface area contributed by atoms with E-state index in [0.717, 1.165) is 22.3 Å². The number of ether oxygens (including phenoxy) is 1. The van der Waals surface area contributed by atoms with Crippen molar-refractivity contribution >= 4 is 46.2 Å². The molecule has 0 saturated carbocycles. The summed E-state index contributed by atoms with van der Waals surface area (Å²) in [5.41, 5.74) is 3.67. The molecule has 0 atom stereocenters. The third kappa shape index (κ3) is 4.60. The smallest absolute Gasteiger partial charge is 0.285 e. The van der Waals surface area contributed by atoms with Crippen molar-refractivity contribution in [1.82, 2.24) is 15.4 Å². The Hall–Kier alpha value is -2.97. The number of benzene rings is 1. The second kappa shape index (κ2) is 8.61. The topological polar surface area (TPSA) is 71.5 Å². The Bertz CT molecular complexity index is 912. The van der Waals surface area contributed by atoms with Crippen molar-refractivity contribution < 1.29 is 14.3 Å². The Balaban J connectivity index is 1.70. The van der Waals surface area contributed by atoms with E-state index in [9.17, 15) is 9.59 Å². The second-order valence-electron chi connectivity index (χ2n) is 5.37. The van der Waals surface area contributed by atoms with Crippen molar-refractivity contribution in [1.29, 1.82) is 0 Å². The largest absolute Gasteiger partial charge is 0.490 e. The monoisotopic (exact) mass is 397 g/mol. The average molecular weight is 397 g/mol. The van der Waals surface area contributed by atoms with Crippen molar-refractivity contribution in [2.45, 2.75) is 0 Å². The molecule has 2 heterocycles. The van der Waals surface area contributed by atoms with Crippen molar-refractivity contribution in [3.63, 3.8) is 0 Å². The number of thiocarbonyl (C=S) groups is 1. The maximum atomic E-state index is 12.6. The van der Waals surface area contributed by atoms with Gasteiger partial charge in [0.25, 0.3) is 11.8 Å². The lowest BCUT2D eigenvalue weighted by atomic mass is 10.2. The van der Waals surface area contributed by atoms with E-state index < -0.39 is 5.91 Å². The number of carbonyl (C=O) groups is 2. The first-order valence-electron chi connectivity index (χ1n) is 7.91. The fraction of sp³-hybridized carbons (Fsp3) is 0.0526. The maximum absolute atomic E-state index is 12.6. The van der Waals surface area contributed by atoms with Gasteiger partial charge in [0.15, 0.2) is 4.32 Å². The predicted octanol–water partition coefficient (Wildman–Crippen LogP) is 3.19. The molecule has 1 aliphatic rings. The Morgan fingerprint density at radius 3 is 2.78 bits per heavy atom. The molecule has 1 N–H and O–H groups in total. The molecule has 1 aromatic heterocycles. The van der Waals surface area contributed by atoms with E-state index in [0.29, 0.717) is 22.8 Å². The van der Waals surface area contributed by atoms with Crippen LogP contribution < -0.4 is 10.2 Å². The number of carbonyl (C=O) groups excluding carboxylic acids is 2. The van der Waals surface area contributed by atoms with Crippen LogP contribution in [0.25, 0.3) is 6.08 Å².